The predicted molar refractivity (Wildman–Crippen MR) is 118 cm³/mol. The van der Waals surface area contributed by atoms with Gasteiger partial charge in [0.15, 0.2) is 0 Å². The van der Waals surface area contributed by atoms with E-state index in [1.807, 2.05) is 43.3 Å². The standard InChI is InChI=1S/C25H23FN2O3/c1-17-10-12-18(13-11-17)24-21-7-3-4-8-22(21)25(30)28(27-24)14-20(29)16-31-15-19-6-2-5-9-23(19)26/h2-13,20,29H,14-16H2,1H3. The van der Waals surface area contributed by atoms with E-state index < -0.39 is 6.10 Å². The second-order valence-corrected chi connectivity index (χ2v) is 7.51. The second kappa shape index (κ2) is 9.20. The van der Waals surface area contributed by atoms with E-state index in [0.29, 0.717) is 16.6 Å². The van der Waals surface area contributed by atoms with Crippen molar-refractivity contribution >= 4 is 10.8 Å². The second-order valence-electron chi connectivity index (χ2n) is 7.51. The van der Waals surface area contributed by atoms with Crippen LogP contribution in [0.3, 0.4) is 0 Å². The third-order valence-corrected chi connectivity index (χ3v) is 5.10. The molecule has 0 aliphatic heterocycles. The molecule has 0 amide bonds. The topological polar surface area (TPSA) is 64.3 Å². The molecule has 4 rings (SSSR count). The molecule has 1 heterocycles. The Balaban J connectivity index is 1.57. The van der Waals surface area contributed by atoms with E-state index in [2.05, 4.69) is 5.10 Å². The highest BCUT2D eigenvalue weighted by atomic mass is 19.1. The summed E-state index contributed by atoms with van der Waals surface area (Å²) >= 11 is 0. The number of ether oxygens (including phenoxy) is 1. The van der Waals surface area contributed by atoms with Crippen LogP contribution in [0.5, 0.6) is 0 Å². The van der Waals surface area contributed by atoms with Gasteiger partial charge in [0.2, 0.25) is 0 Å². The van der Waals surface area contributed by atoms with Crippen molar-refractivity contribution in [2.45, 2.75) is 26.2 Å². The maximum absolute atomic E-state index is 13.7. The van der Waals surface area contributed by atoms with Gasteiger partial charge in [0.25, 0.3) is 5.56 Å². The summed E-state index contributed by atoms with van der Waals surface area (Å²) in [5.41, 5.74) is 2.83. The van der Waals surface area contributed by atoms with E-state index >= 15 is 0 Å². The van der Waals surface area contributed by atoms with Crippen molar-refractivity contribution in [2.75, 3.05) is 6.61 Å². The van der Waals surface area contributed by atoms with Crippen molar-refractivity contribution in [2.24, 2.45) is 0 Å². The Kier molecular flexibility index (Phi) is 6.21. The van der Waals surface area contributed by atoms with Crippen molar-refractivity contribution in [1.82, 2.24) is 9.78 Å². The molecule has 31 heavy (non-hydrogen) atoms. The van der Waals surface area contributed by atoms with Crippen LogP contribution in [0.25, 0.3) is 22.0 Å². The molecule has 6 heteroatoms. The molecule has 0 radical (unpaired) electrons. The summed E-state index contributed by atoms with van der Waals surface area (Å²) in [6, 6.07) is 21.5. The molecule has 0 saturated heterocycles. The van der Waals surface area contributed by atoms with E-state index in [9.17, 15) is 14.3 Å². The fourth-order valence-corrected chi connectivity index (χ4v) is 3.46. The highest BCUT2D eigenvalue weighted by molar-refractivity contribution is 5.93. The number of nitrogens with zero attached hydrogens (tertiary/aromatic N) is 2. The van der Waals surface area contributed by atoms with E-state index in [1.165, 1.54) is 10.7 Å². The summed E-state index contributed by atoms with van der Waals surface area (Å²) in [6.45, 7) is 1.97. The number of fused-ring (bicyclic) bond motifs is 1. The summed E-state index contributed by atoms with van der Waals surface area (Å²) in [7, 11) is 0. The van der Waals surface area contributed by atoms with Crippen LogP contribution in [0, 0.1) is 12.7 Å². The van der Waals surface area contributed by atoms with Gasteiger partial charge in [-0.3, -0.25) is 4.79 Å². The molecule has 0 saturated carbocycles. The third kappa shape index (κ3) is 4.71. The molecule has 5 nitrogen and oxygen atoms in total. The highest BCUT2D eigenvalue weighted by Crippen LogP contribution is 2.25. The average Bonchev–Trinajstić information content (AvgIpc) is 2.78. The van der Waals surface area contributed by atoms with Crippen molar-refractivity contribution in [3.05, 3.63) is 100 Å². The van der Waals surface area contributed by atoms with E-state index in [0.717, 1.165) is 16.5 Å². The highest BCUT2D eigenvalue weighted by Gasteiger charge is 2.15. The first kappa shape index (κ1) is 20.9. The number of rotatable bonds is 7. The molecule has 0 spiro atoms. The van der Waals surface area contributed by atoms with Gasteiger partial charge in [-0.1, -0.05) is 66.2 Å². The Morgan fingerprint density at radius 3 is 2.42 bits per heavy atom. The molecule has 1 atom stereocenters. The summed E-state index contributed by atoms with van der Waals surface area (Å²) in [6.07, 6.45) is -0.969. The molecule has 1 unspecified atom stereocenters. The van der Waals surface area contributed by atoms with Crippen molar-refractivity contribution in [3.8, 4) is 11.3 Å². The molecule has 0 aliphatic carbocycles. The Hall–Kier alpha value is -3.35. The summed E-state index contributed by atoms with van der Waals surface area (Å²) < 4.78 is 20.4. The van der Waals surface area contributed by atoms with Gasteiger partial charge in [0.05, 0.1) is 36.9 Å². The van der Waals surface area contributed by atoms with Crippen LogP contribution in [0.15, 0.2) is 77.6 Å². The molecule has 0 bridgehead atoms. The van der Waals surface area contributed by atoms with Gasteiger partial charge in [-0.15, -0.1) is 0 Å². The number of aromatic nitrogens is 2. The van der Waals surface area contributed by atoms with Gasteiger partial charge >= 0.3 is 0 Å². The molecule has 158 valence electrons. The zero-order valence-corrected chi connectivity index (χ0v) is 17.2. The van der Waals surface area contributed by atoms with Gasteiger partial charge in [0.1, 0.15) is 5.82 Å². The summed E-state index contributed by atoms with van der Waals surface area (Å²) in [5.74, 6) is -0.354. The molecule has 4 aromatic rings. The maximum atomic E-state index is 13.7. The van der Waals surface area contributed by atoms with Crippen LogP contribution in [-0.4, -0.2) is 27.6 Å². The first-order chi connectivity index (χ1) is 15.0. The van der Waals surface area contributed by atoms with Crippen LogP contribution >= 0.6 is 0 Å². The van der Waals surface area contributed by atoms with Gasteiger partial charge in [-0.05, 0) is 19.1 Å². The smallest absolute Gasteiger partial charge is 0.274 e. The molecule has 1 aromatic heterocycles. The fourth-order valence-electron chi connectivity index (χ4n) is 3.46. The molecular weight excluding hydrogens is 395 g/mol. The van der Waals surface area contributed by atoms with Gasteiger partial charge < -0.3 is 9.84 Å². The Morgan fingerprint density at radius 2 is 1.68 bits per heavy atom. The minimum atomic E-state index is -0.969. The quantitative estimate of drug-likeness (QED) is 0.491. The van der Waals surface area contributed by atoms with Gasteiger partial charge in [0, 0.05) is 16.5 Å². The first-order valence-electron chi connectivity index (χ1n) is 10.1. The largest absolute Gasteiger partial charge is 0.389 e. The first-order valence-corrected chi connectivity index (χ1v) is 10.1. The van der Waals surface area contributed by atoms with E-state index in [1.54, 1.807) is 30.3 Å². The lowest BCUT2D eigenvalue weighted by Crippen LogP contribution is -2.31. The number of hydrogen-bond donors (Lipinski definition) is 1. The SMILES string of the molecule is Cc1ccc(-c2nn(CC(O)COCc3ccccc3F)c(=O)c3ccccc23)cc1. The number of hydrogen-bond acceptors (Lipinski definition) is 4. The molecule has 3 aromatic carbocycles. The van der Waals surface area contributed by atoms with Crippen molar-refractivity contribution < 1.29 is 14.2 Å². The maximum Gasteiger partial charge on any atom is 0.274 e. The van der Waals surface area contributed by atoms with Gasteiger partial charge in [-0.25, -0.2) is 9.07 Å². The third-order valence-electron chi connectivity index (χ3n) is 5.10. The number of aliphatic hydroxyl groups excluding tert-OH is 1. The van der Waals surface area contributed by atoms with Crippen LogP contribution in [-0.2, 0) is 17.9 Å². The fraction of sp³-hybridized carbons (Fsp3) is 0.200. The van der Waals surface area contributed by atoms with Crippen LogP contribution < -0.4 is 5.56 Å². The number of aryl methyl sites for hydroxylation is 1. The Morgan fingerprint density at radius 1 is 1.00 bits per heavy atom. The van der Waals surface area contributed by atoms with Gasteiger partial charge in [-0.2, -0.15) is 5.10 Å². The van der Waals surface area contributed by atoms with Crippen LogP contribution in [0.4, 0.5) is 4.39 Å². The molecule has 0 fully saturated rings. The Bertz CT molecular complexity index is 1250. The number of aliphatic hydroxyl groups is 1. The average molecular weight is 418 g/mol. The van der Waals surface area contributed by atoms with Crippen LogP contribution in [0.1, 0.15) is 11.1 Å². The zero-order valence-electron chi connectivity index (χ0n) is 17.2. The molecular formula is C25H23FN2O3. The number of halogens is 1. The minimum Gasteiger partial charge on any atom is -0.389 e. The molecule has 1 N–H and O–H groups in total. The predicted octanol–water partition coefficient (Wildman–Crippen LogP) is 4.09. The lowest BCUT2D eigenvalue weighted by molar-refractivity contribution is 0.0173. The van der Waals surface area contributed by atoms with Crippen LogP contribution in [0.2, 0.25) is 0 Å². The summed E-state index contributed by atoms with van der Waals surface area (Å²) in [5, 5.41) is 16.3. The van der Waals surface area contributed by atoms with E-state index in [-0.39, 0.29) is 31.1 Å². The van der Waals surface area contributed by atoms with Crippen molar-refractivity contribution in [3.63, 3.8) is 0 Å². The number of benzene rings is 3. The normalized spacial score (nSPS) is 12.2. The molecule has 0 aliphatic rings. The monoisotopic (exact) mass is 418 g/mol. The lowest BCUT2D eigenvalue weighted by atomic mass is 10.0. The Labute approximate surface area is 179 Å². The lowest BCUT2D eigenvalue weighted by Gasteiger charge is -2.15. The minimum absolute atomic E-state index is 0.0280. The van der Waals surface area contributed by atoms with E-state index in [4.69, 9.17) is 4.74 Å². The summed E-state index contributed by atoms with van der Waals surface area (Å²) in [4.78, 5) is 12.9. The zero-order chi connectivity index (χ0) is 21.8. The van der Waals surface area contributed by atoms with Crippen molar-refractivity contribution in [1.29, 1.82) is 0 Å².